The van der Waals surface area contributed by atoms with Gasteiger partial charge in [0.15, 0.2) is 0 Å². The Hall–Kier alpha value is -1.62. The summed E-state index contributed by atoms with van der Waals surface area (Å²) in [5.74, 6) is 0.662. The number of aromatic nitrogens is 1. The van der Waals surface area contributed by atoms with E-state index in [0.29, 0.717) is 36.1 Å². The molecule has 5 heteroatoms. The van der Waals surface area contributed by atoms with Crippen molar-refractivity contribution in [3.05, 3.63) is 58.7 Å². The van der Waals surface area contributed by atoms with Crippen LogP contribution in [0.2, 0.25) is 5.02 Å². The minimum atomic E-state index is 0.322. The van der Waals surface area contributed by atoms with Gasteiger partial charge in [0.05, 0.1) is 11.6 Å². The lowest BCUT2D eigenvalue weighted by Gasteiger charge is -2.34. The Morgan fingerprint density at radius 3 is 2.96 bits per heavy atom. The Morgan fingerprint density at radius 2 is 2.17 bits per heavy atom. The zero-order chi connectivity index (χ0) is 16.8. The molecule has 4 nitrogen and oxygen atoms in total. The highest BCUT2D eigenvalue weighted by atomic mass is 35.5. The monoisotopic (exact) mass is 345 g/mol. The van der Waals surface area contributed by atoms with Crippen LogP contribution in [-0.4, -0.2) is 24.2 Å². The summed E-state index contributed by atoms with van der Waals surface area (Å²) in [5.41, 5.74) is 2.32. The van der Waals surface area contributed by atoms with E-state index < -0.39 is 0 Å². The Morgan fingerprint density at radius 1 is 1.33 bits per heavy atom. The van der Waals surface area contributed by atoms with Gasteiger partial charge in [-0.05, 0) is 37.9 Å². The molecule has 1 aliphatic heterocycles. The van der Waals surface area contributed by atoms with E-state index in [2.05, 4.69) is 45.9 Å². The molecule has 2 aromatic rings. The third-order valence-electron chi connectivity index (χ3n) is 4.34. The SMILES string of the molecule is CCOc1ncc(Cl)cc1CNC1CCCNC1c1ccccc1. The number of benzene rings is 1. The smallest absolute Gasteiger partial charge is 0.217 e. The third-order valence-corrected chi connectivity index (χ3v) is 4.55. The van der Waals surface area contributed by atoms with E-state index in [-0.39, 0.29) is 0 Å². The van der Waals surface area contributed by atoms with Gasteiger partial charge < -0.3 is 15.4 Å². The van der Waals surface area contributed by atoms with E-state index in [0.717, 1.165) is 18.5 Å². The van der Waals surface area contributed by atoms with Crippen molar-refractivity contribution in [2.24, 2.45) is 0 Å². The zero-order valence-corrected chi connectivity index (χ0v) is 14.7. The summed E-state index contributed by atoms with van der Waals surface area (Å²) < 4.78 is 5.62. The minimum absolute atomic E-state index is 0.322. The van der Waals surface area contributed by atoms with Crippen LogP contribution in [0.3, 0.4) is 0 Å². The third kappa shape index (κ3) is 4.26. The summed E-state index contributed by atoms with van der Waals surface area (Å²) in [7, 11) is 0. The Balaban J connectivity index is 1.71. The summed E-state index contributed by atoms with van der Waals surface area (Å²) in [6.07, 6.45) is 3.95. The number of halogens is 1. The lowest BCUT2D eigenvalue weighted by Crippen LogP contribution is -2.45. The zero-order valence-electron chi connectivity index (χ0n) is 14.0. The maximum absolute atomic E-state index is 6.10. The minimum Gasteiger partial charge on any atom is -0.478 e. The highest BCUT2D eigenvalue weighted by molar-refractivity contribution is 6.30. The van der Waals surface area contributed by atoms with Crippen molar-refractivity contribution >= 4 is 11.6 Å². The number of ether oxygens (including phenoxy) is 1. The molecule has 1 saturated heterocycles. The second-order valence-corrected chi connectivity index (χ2v) is 6.46. The number of piperidine rings is 1. The van der Waals surface area contributed by atoms with Crippen molar-refractivity contribution in [2.45, 2.75) is 38.4 Å². The van der Waals surface area contributed by atoms with Gasteiger partial charge in [-0.2, -0.15) is 0 Å². The van der Waals surface area contributed by atoms with E-state index in [1.165, 1.54) is 12.0 Å². The predicted octanol–water partition coefficient (Wildman–Crippen LogP) is 3.72. The van der Waals surface area contributed by atoms with Crippen LogP contribution in [0.25, 0.3) is 0 Å². The van der Waals surface area contributed by atoms with E-state index in [4.69, 9.17) is 16.3 Å². The van der Waals surface area contributed by atoms with Crippen LogP contribution in [0.15, 0.2) is 42.6 Å². The molecule has 2 N–H and O–H groups in total. The van der Waals surface area contributed by atoms with Crippen LogP contribution in [-0.2, 0) is 6.54 Å². The van der Waals surface area contributed by atoms with Crippen molar-refractivity contribution in [1.82, 2.24) is 15.6 Å². The molecular formula is C19H24ClN3O. The maximum Gasteiger partial charge on any atom is 0.217 e. The molecule has 0 aliphatic carbocycles. The molecule has 0 bridgehead atoms. The number of rotatable bonds is 6. The van der Waals surface area contributed by atoms with Crippen LogP contribution >= 0.6 is 11.6 Å². The van der Waals surface area contributed by atoms with Gasteiger partial charge in [-0.3, -0.25) is 0 Å². The second-order valence-electron chi connectivity index (χ2n) is 6.02. The Labute approximate surface area is 148 Å². The van der Waals surface area contributed by atoms with Gasteiger partial charge in [-0.25, -0.2) is 4.98 Å². The summed E-state index contributed by atoms with van der Waals surface area (Å²) in [4.78, 5) is 4.30. The number of hydrogen-bond acceptors (Lipinski definition) is 4. The summed E-state index contributed by atoms with van der Waals surface area (Å²) in [5, 5.41) is 7.94. The lowest BCUT2D eigenvalue weighted by molar-refractivity contribution is 0.296. The van der Waals surface area contributed by atoms with Gasteiger partial charge in [-0.15, -0.1) is 0 Å². The topological polar surface area (TPSA) is 46.2 Å². The fraction of sp³-hybridized carbons (Fsp3) is 0.421. The van der Waals surface area contributed by atoms with Gasteiger partial charge >= 0.3 is 0 Å². The van der Waals surface area contributed by atoms with Crippen LogP contribution < -0.4 is 15.4 Å². The first-order valence-electron chi connectivity index (χ1n) is 8.57. The van der Waals surface area contributed by atoms with Crippen molar-refractivity contribution < 1.29 is 4.74 Å². The maximum atomic E-state index is 6.10. The molecule has 128 valence electrons. The highest BCUT2D eigenvalue weighted by Gasteiger charge is 2.25. The largest absolute Gasteiger partial charge is 0.478 e. The summed E-state index contributed by atoms with van der Waals surface area (Å²) in [6, 6.07) is 13.2. The van der Waals surface area contributed by atoms with Crippen molar-refractivity contribution in [3.8, 4) is 5.88 Å². The van der Waals surface area contributed by atoms with E-state index in [1.54, 1.807) is 6.20 Å². The molecular weight excluding hydrogens is 322 g/mol. The standard InChI is InChI=1S/C19H24ClN3O/c1-2-24-19-15(11-16(20)13-23-19)12-22-17-9-6-10-21-18(17)14-7-4-3-5-8-14/h3-5,7-8,11,13,17-18,21-22H,2,6,9-10,12H2,1H3. The quantitative estimate of drug-likeness (QED) is 0.837. The van der Waals surface area contributed by atoms with Crippen LogP contribution in [0.1, 0.15) is 36.9 Å². The number of hydrogen-bond donors (Lipinski definition) is 2. The molecule has 2 heterocycles. The Bertz CT molecular complexity index is 650. The van der Waals surface area contributed by atoms with E-state index in [9.17, 15) is 0 Å². The molecule has 1 aromatic heterocycles. The molecule has 0 radical (unpaired) electrons. The number of pyridine rings is 1. The van der Waals surface area contributed by atoms with Crippen LogP contribution in [0, 0.1) is 0 Å². The Kier molecular flexibility index (Phi) is 6.07. The molecule has 24 heavy (non-hydrogen) atoms. The molecule has 2 unspecified atom stereocenters. The van der Waals surface area contributed by atoms with Gasteiger partial charge in [0.2, 0.25) is 5.88 Å². The normalized spacial score (nSPS) is 20.8. The molecule has 1 aromatic carbocycles. The molecule has 0 amide bonds. The first-order chi connectivity index (χ1) is 11.8. The molecule has 3 rings (SSSR count). The highest BCUT2D eigenvalue weighted by Crippen LogP contribution is 2.25. The second kappa shape index (κ2) is 8.47. The molecule has 0 spiro atoms. The first-order valence-corrected chi connectivity index (χ1v) is 8.94. The van der Waals surface area contributed by atoms with Crippen LogP contribution in [0.4, 0.5) is 0 Å². The molecule has 2 atom stereocenters. The fourth-order valence-corrected chi connectivity index (χ4v) is 3.40. The number of nitrogens with zero attached hydrogens (tertiary/aromatic N) is 1. The fourth-order valence-electron chi connectivity index (χ4n) is 3.22. The summed E-state index contributed by atoms with van der Waals surface area (Å²) in [6.45, 7) is 4.31. The van der Waals surface area contributed by atoms with Crippen LogP contribution in [0.5, 0.6) is 5.88 Å². The lowest BCUT2D eigenvalue weighted by atomic mass is 9.92. The van der Waals surface area contributed by atoms with E-state index in [1.807, 2.05) is 13.0 Å². The average molecular weight is 346 g/mol. The van der Waals surface area contributed by atoms with Gasteiger partial charge in [0.25, 0.3) is 0 Å². The van der Waals surface area contributed by atoms with Gasteiger partial charge in [-0.1, -0.05) is 41.9 Å². The molecule has 1 aliphatic rings. The van der Waals surface area contributed by atoms with E-state index >= 15 is 0 Å². The molecule has 1 fully saturated rings. The average Bonchev–Trinajstić information content (AvgIpc) is 2.63. The van der Waals surface area contributed by atoms with Crippen molar-refractivity contribution in [1.29, 1.82) is 0 Å². The molecule has 0 saturated carbocycles. The number of nitrogens with one attached hydrogen (secondary N) is 2. The van der Waals surface area contributed by atoms with Gasteiger partial charge in [0.1, 0.15) is 0 Å². The summed E-state index contributed by atoms with van der Waals surface area (Å²) >= 11 is 6.10. The first kappa shape index (κ1) is 17.2. The van der Waals surface area contributed by atoms with Gasteiger partial charge in [0, 0.05) is 30.4 Å². The van der Waals surface area contributed by atoms with Crippen molar-refractivity contribution in [2.75, 3.05) is 13.2 Å². The van der Waals surface area contributed by atoms with Crippen molar-refractivity contribution in [3.63, 3.8) is 0 Å². The predicted molar refractivity (Wildman–Crippen MR) is 97.5 cm³/mol.